The zero-order chi connectivity index (χ0) is 11.1. The van der Waals surface area contributed by atoms with Gasteiger partial charge in [-0.15, -0.1) is 5.10 Å². The molecule has 4 nitrogen and oxygen atoms in total. The second-order valence-corrected chi connectivity index (χ2v) is 4.86. The molecule has 1 N–H and O–H groups in total. The highest BCUT2D eigenvalue weighted by Gasteiger charge is 2.25. The van der Waals surface area contributed by atoms with Crippen molar-refractivity contribution in [2.75, 3.05) is 5.32 Å². The van der Waals surface area contributed by atoms with E-state index >= 15 is 0 Å². The second kappa shape index (κ2) is 3.47. The van der Waals surface area contributed by atoms with Crippen LogP contribution in [0.5, 0.6) is 0 Å². The molecule has 0 amide bonds. The van der Waals surface area contributed by atoms with E-state index in [0.717, 1.165) is 17.5 Å². The van der Waals surface area contributed by atoms with Crippen LogP contribution in [0, 0.1) is 12.8 Å². The van der Waals surface area contributed by atoms with Gasteiger partial charge in [0.05, 0.1) is 0 Å². The normalized spacial score (nSPS) is 24.4. The molecule has 1 fully saturated rings. The van der Waals surface area contributed by atoms with Crippen molar-refractivity contribution in [3.63, 3.8) is 0 Å². The molecular weight excluding hydrogens is 200 g/mol. The molecule has 0 saturated heterocycles. The maximum absolute atomic E-state index is 4.44. The monoisotopic (exact) mass is 216 g/mol. The number of rotatable bonds is 2. The lowest BCUT2D eigenvalue weighted by atomic mass is 9.82. The van der Waals surface area contributed by atoms with E-state index in [2.05, 4.69) is 35.3 Å². The molecule has 1 aliphatic carbocycles. The van der Waals surface area contributed by atoms with Gasteiger partial charge in [0.15, 0.2) is 5.65 Å². The molecule has 2 heterocycles. The molecule has 16 heavy (non-hydrogen) atoms. The second-order valence-electron chi connectivity index (χ2n) is 4.86. The van der Waals surface area contributed by atoms with Gasteiger partial charge in [-0.2, -0.15) is 4.98 Å². The minimum absolute atomic E-state index is 0.563. The fourth-order valence-corrected chi connectivity index (χ4v) is 2.25. The van der Waals surface area contributed by atoms with Crippen molar-refractivity contribution >= 4 is 11.6 Å². The number of fused-ring (bicyclic) bond motifs is 1. The number of hydrogen-bond acceptors (Lipinski definition) is 3. The predicted molar refractivity (Wildman–Crippen MR) is 63.5 cm³/mol. The third-order valence-electron chi connectivity index (χ3n) is 3.19. The van der Waals surface area contributed by atoms with Gasteiger partial charge in [0.1, 0.15) is 0 Å². The zero-order valence-corrected chi connectivity index (χ0v) is 9.64. The maximum Gasteiger partial charge on any atom is 0.243 e. The number of nitrogens with zero attached hydrogens (tertiary/aromatic N) is 3. The van der Waals surface area contributed by atoms with E-state index in [0.29, 0.717) is 6.04 Å². The van der Waals surface area contributed by atoms with Crippen LogP contribution in [0.4, 0.5) is 5.95 Å². The van der Waals surface area contributed by atoms with Crippen molar-refractivity contribution in [3.05, 3.63) is 23.9 Å². The smallest absolute Gasteiger partial charge is 0.243 e. The summed E-state index contributed by atoms with van der Waals surface area (Å²) in [7, 11) is 0. The van der Waals surface area contributed by atoms with Crippen LogP contribution in [0.2, 0.25) is 0 Å². The van der Waals surface area contributed by atoms with Gasteiger partial charge in [0, 0.05) is 12.2 Å². The summed E-state index contributed by atoms with van der Waals surface area (Å²) in [6.07, 6.45) is 4.46. The molecule has 84 valence electrons. The molecule has 4 heteroatoms. The summed E-state index contributed by atoms with van der Waals surface area (Å²) >= 11 is 0. The molecule has 1 aliphatic rings. The van der Waals surface area contributed by atoms with Crippen molar-refractivity contribution in [2.24, 2.45) is 5.92 Å². The predicted octanol–water partition coefficient (Wildman–Crippen LogP) is 2.25. The summed E-state index contributed by atoms with van der Waals surface area (Å²) < 4.78 is 1.83. The molecule has 2 aromatic heterocycles. The molecule has 1 saturated carbocycles. The van der Waals surface area contributed by atoms with Crippen LogP contribution in [-0.2, 0) is 0 Å². The Kier molecular flexibility index (Phi) is 2.09. The minimum atomic E-state index is 0.563. The summed E-state index contributed by atoms with van der Waals surface area (Å²) in [6, 6.07) is 4.62. The standard InChI is InChI=1S/C12H16N4/c1-8-3-4-11-14-12(15-16(11)7-8)13-10-5-9(2)6-10/h3-4,7,9-10H,5-6H2,1-2H3,(H,13,15). The zero-order valence-electron chi connectivity index (χ0n) is 9.64. The van der Waals surface area contributed by atoms with Crippen LogP contribution >= 0.6 is 0 Å². The summed E-state index contributed by atoms with van der Waals surface area (Å²) in [5, 5.41) is 7.79. The van der Waals surface area contributed by atoms with Crippen LogP contribution in [-0.4, -0.2) is 20.6 Å². The number of aryl methyl sites for hydroxylation is 1. The summed E-state index contributed by atoms with van der Waals surface area (Å²) in [5.74, 6) is 1.60. The molecular formula is C12H16N4. The molecule has 0 bridgehead atoms. The lowest BCUT2D eigenvalue weighted by molar-refractivity contribution is 0.308. The Balaban J connectivity index is 1.82. The number of nitrogens with one attached hydrogen (secondary N) is 1. The van der Waals surface area contributed by atoms with Crippen LogP contribution in [0.15, 0.2) is 18.3 Å². The van der Waals surface area contributed by atoms with Crippen LogP contribution in [0.1, 0.15) is 25.3 Å². The lowest BCUT2D eigenvalue weighted by Crippen LogP contribution is -2.34. The summed E-state index contributed by atoms with van der Waals surface area (Å²) in [5.41, 5.74) is 2.10. The molecule has 0 atom stereocenters. The Bertz CT molecular complexity index is 511. The van der Waals surface area contributed by atoms with E-state index < -0.39 is 0 Å². The first kappa shape index (κ1) is 9.63. The van der Waals surface area contributed by atoms with E-state index in [1.165, 1.54) is 18.4 Å². The van der Waals surface area contributed by atoms with Gasteiger partial charge >= 0.3 is 0 Å². The number of anilines is 1. The summed E-state index contributed by atoms with van der Waals surface area (Å²) in [6.45, 7) is 4.33. The molecule has 0 radical (unpaired) electrons. The quantitative estimate of drug-likeness (QED) is 0.837. The van der Waals surface area contributed by atoms with Crippen molar-refractivity contribution in [1.29, 1.82) is 0 Å². The number of hydrogen-bond donors (Lipinski definition) is 1. The Labute approximate surface area is 94.7 Å². The Morgan fingerprint density at radius 2 is 2.19 bits per heavy atom. The van der Waals surface area contributed by atoms with Gasteiger partial charge < -0.3 is 5.32 Å². The highest BCUT2D eigenvalue weighted by atomic mass is 15.3. The van der Waals surface area contributed by atoms with E-state index in [4.69, 9.17) is 0 Å². The van der Waals surface area contributed by atoms with Gasteiger partial charge in [-0.05, 0) is 37.3 Å². The maximum atomic E-state index is 4.44. The number of pyridine rings is 1. The SMILES string of the molecule is Cc1ccc2nc(NC3CC(C)C3)nn2c1. The number of aromatic nitrogens is 3. The first-order valence-electron chi connectivity index (χ1n) is 5.80. The highest BCUT2D eigenvalue weighted by Crippen LogP contribution is 2.28. The van der Waals surface area contributed by atoms with E-state index in [1.807, 2.05) is 16.8 Å². The largest absolute Gasteiger partial charge is 0.350 e. The van der Waals surface area contributed by atoms with Crippen molar-refractivity contribution in [1.82, 2.24) is 14.6 Å². The molecule has 0 spiro atoms. The van der Waals surface area contributed by atoms with Crippen LogP contribution in [0.3, 0.4) is 0 Å². The molecule has 2 aromatic rings. The van der Waals surface area contributed by atoms with E-state index in [1.54, 1.807) is 0 Å². The van der Waals surface area contributed by atoms with Gasteiger partial charge in [-0.25, -0.2) is 4.52 Å². The fourth-order valence-electron chi connectivity index (χ4n) is 2.25. The highest BCUT2D eigenvalue weighted by molar-refractivity contribution is 5.44. The first-order chi connectivity index (χ1) is 7.70. The van der Waals surface area contributed by atoms with Crippen molar-refractivity contribution in [2.45, 2.75) is 32.7 Å². The Hall–Kier alpha value is -1.58. The topological polar surface area (TPSA) is 42.2 Å². The van der Waals surface area contributed by atoms with Crippen molar-refractivity contribution < 1.29 is 0 Å². The molecule has 0 aromatic carbocycles. The summed E-state index contributed by atoms with van der Waals surface area (Å²) in [4.78, 5) is 4.44. The minimum Gasteiger partial charge on any atom is -0.350 e. The van der Waals surface area contributed by atoms with Gasteiger partial charge in [0.25, 0.3) is 0 Å². The average molecular weight is 216 g/mol. The molecule has 3 rings (SSSR count). The van der Waals surface area contributed by atoms with Crippen molar-refractivity contribution in [3.8, 4) is 0 Å². The van der Waals surface area contributed by atoms with E-state index in [-0.39, 0.29) is 0 Å². The van der Waals surface area contributed by atoms with E-state index in [9.17, 15) is 0 Å². The first-order valence-corrected chi connectivity index (χ1v) is 5.80. The lowest BCUT2D eigenvalue weighted by Gasteiger charge is -2.32. The molecule has 0 unspecified atom stereocenters. The third kappa shape index (κ3) is 1.64. The van der Waals surface area contributed by atoms with Crippen LogP contribution in [0.25, 0.3) is 5.65 Å². The molecule has 0 aliphatic heterocycles. The van der Waals surface area contributed by atoms with Gasteiger partial charge in [-0.1, -0.05) is 13.0 Å². The van der Waals surface area contributed by atoms with Gasteiger partial charge in [0.2, 0.25) is 5.95 Å². The Morgan fingerprint density at radius 1 is 1.38 bits per heavy atom. The van der Waals surface area contributed by atoms with Gasteiger partial charge in [-0.3, -0.25) is 0 Å². The Morgan fingerprint density at radius 3 is 2.94 bits per heavy atom. The fraction of sp³-hybridized carbons (Fsp3) is 0.500. The third-order valence-corrected chi connectivity index (χ3v) is 3.19. The van der Waals surface area contributed by atoms with Crippen LogP contribution < -0.4 is 5.32 Å². The average Bonchev–Trinajstić information content (AvgIpc) is 2.57.